The average molecular weight is 308 g/mol. The lowest BCUT2D eigenvalue weighted by Crippen LogP contribution is -2.53. The van der Waals surface area contributed by atoms with Crippen LogP contribution < -0.4 is 0 Å². The molecule has 0 N–H and O–H groups in total. The Morgan fingerprint density at radius 1 is 1.09 bits per heavy atom. The Labute approximate surface area is 138 Å². The zero-order valence-electron chi connectivity index (χ0n) is 15.5. The molecular formula is C20H37NO. The molecule has 0 aromatic carbocycles. The van der Waals surface area contributed by atoms with Crippen molar-refractivity contribution in [1.82, 2.24) is 4.90 Å². The van der Waals surface area contributed by atoms with Gasteiger partial charge in [0.05, 0.1) is 0 Å². The van der Waals surface area contributed by atoms with Gasteiger partial charge in [0, 0.05) is 19.0 Å². The van der Waals surface area contributed by atoms with Crippen LogP contribution in [0.3, 0.4) is 0 Å². The summed E-state index contributed by atoms with van der Waals surface area (Å²) >= 11 is 0. The van der Waals surface area contributed by atoms with Crippen molar-refractivity contribution in [2.24, 2.45) is 23.2 Å². The van der Waals surface area contributed by atoms with Gasteiger partial charge in [0.25, 0.3) is 0 Å². The summed E-state index contributed by atoms with van der Waals surface area (Å²) in [5.74, 6) is 2.61. The second kappa shape index (κ2) is 7.36. The first kappa shape index (κ1) is 17.8. The highest BCUT2D eigenvalue weighted by Gasteiger charge is 2.39. The molecule has 1 saturated heterocycles. The Kier molecular flexibility index (Phi) is 5.96. The Morgan fingerprint density at radius 2 is 1.73 bits per heavy atom. The third kappa shape index (κ3) is 4.49. The molecule has 0 aromatic heterocycles. The lowest BCUT2D eigenvalue weighted by molar-refractivity contribution is -0.140. The summed E-state index contributed by atoms with van der Waals surface area (Å²) in [7, 11) is 0. The van der Waals surface area contributed by atoms with Crippen LogP contribution in [0.15, 0.2) is 0 Å². The third-order valence-electron chi connectivity index (χ3n) is 6.09. The van der Waals surface area contributed by atoms with E-state index in [1.54, 1.807) is 0 Å². The van der Waals surface area contributed by atoms with E-state index in [0.717, 1.165) is 24.8 Å². The van der Waals surface area contributed by atoms with Crippen molar-refractivity contribution in [3.8, 4) is 0 Å². The number of rotatable bonds is 3. The normalized spacial score (nSPS) is 28.2. The lowest BCUT2D eigenvalue weighted by atomic mass is 9.73. The van der Waals surface area contributed by atoms with E-state index in [1.807, 2.05) is 0 Å². The van der Waals surface area contributed by atoms with Gasteiger partial charge in [-0.15, -0.1) is 0 Å². The van der Waals surface area contributed by atoms with Gasteiger partial charge in [-0.2, -0.15) is 0 Å². The first-order chi connectivity index (χ1) is 10.3. The lowest BCUT2D eigenvalue weighted by Gasteiger charge is -2.47. The zero-order valence-corrected chi connectivity index (χ0v) is 15.5. The van der Waals surface area contributed by atoms with E-state index in [0.29, 0.717) is 17.9 Å². The Bertz CT molecular complexity index is 362. The van der Waals surface area contributed by atoms with Gasteiger partial charge >= 0.3 is 0 Å². The minimum atomic E-state index is 0.190. The number of hydrogen-bond acceptors (Lipinski definition) is 1. The zero-order chi connectivity index (χ0) is 16.3. The van der Waals surface area contributed by atoms with Crippen LogP contribution in [-0.4, -0.2) is 23.4 Å². The maximum Gasteiger partial charge on any atom is 0.223 e. The summed E-state index contributed by atoms with van der Waals surface area (Å²) in [5, 5.41) is 0. The summed E-state index contributed by atoms with van der Waals surface area (Å²) < 4.78 is 0. The summed E-state index contributed by atoms with van der Waals surface area (Å²) in [6.45, 7) is 12.6. The smallest absolute Gasteiger partial charge is 0.223 e. The number of nitrogens with zero attached hydrogens (tertiary/aromatic N) is 1. The molecule has 1 aliphatic heterocycles. The third-order valence-corrected chi connectivity index (χ3v) is 6.09. The summed E-state index contributed by atoms with van der Waals surface area (Å²) in [6.07, 6.45) is 9.77. The highest BCUT2D eigenvalue weighted by atomic mass is 16.2. The van der Waals surface area contributed by atoms with Crippen LogP contribution in [0, 0.1) is 23.2 Å². The van der Waals surface area contributed by atoms with Crippen LogP contribution in [0.5, 0.6) is 0 Å². The first-order valence-corrected chi connectivity index (χ1v) is 9.58. The van der Waals surface area contributed by atoms with Crippen LogP contribution in [-0.2, 0) is 4.79 Å². The molecule has 1 saturated carbocycles. The quantitative estimate of drug-likeness (QED) is 0.696. The predicted octanol–water partition coefficient (Wildman–Crippen LogP) is 5.27. The molecule has 2 rings (SSSR count). The van der Waals surface area contributed by atoms with Gasteiger partial charge in [-0.1, -0.05) is 53.9 Å². The van der Waals surface area contributed by atoms with E-state index in [2.05, 4.69) is 39.5 Å². The van der Waals surface area contributed by atoms with E-state index in [4.69, 9.17) is 0 Å². The molecule has 2 aliphatic rings. The maximum absolute atomic E-state index is 12.9. The molecule has 128 valence electrons. The fourth-order valence-corrected chi connectivity index (χ4v) is 4.47. The van der Waals surface area contributed by atoms with Crippen molar-refractivity contribution >= 4 is 5.91 Å². The van der Waals surface area contributed by atoms with Crippen molar-refractivity contribution in [3.05, 3.63) is 0 Å². The van der Waals surface area contributed by atoms with E-state index >= 15 is 0 Å². The molecule has 2 fully saturated rings. The minimum Gasteiger partial charge on any atom is -0.339 e. The first-order valence-electron chi connectivity index (χ1n) is 9.58. The minimum absolute atomic E-state index is 0.190. The number of amides is 1. The van der Waals surface area contributed by atoms with Gasteiger partial charge < -0.3 is 4.90 Å². The molecule has 1 heterocycles. The fraction of sp³-hybridized carbons (Fsp3) is 0.950. The average Bonchev–Trinajstić information content (AvgIpc) is 2.46. The molecule has 22 heavy (non-hydrogen) atoms. The number of piperidine rings is 1. The van der Waals surface area contributed by atoms with Gasteiger partial charge in [0.2, 0.25) is 5.91 Å². The Balaban J connectivity index is 2.01. The van der Waals surface area contributed by atoms with Crippen molar-refractivity contribution in [3.63, 3.8) is 0 Å². The molecule has 0 spiro atoms. The monoisotopic (exact) mass is 307 g/mol. The topological polar surface area (TPSA) is 20.3 Å². The van der Waals surface area contributed by atoms with E-state index < -0.39 is 0 Å². The van der Waals surface area contributed by atoms with Crippen molar-refractivity contribution in [2.75, 3.05) is 6.54 Å². The van der Waals surface area contributed by atoms with Crippen molar-refractivity contribution in [1.29, 1.82) is 0 Å². The van der Waals surface area contributed by atoms with E-state index in [-0.39, 0.29) is 5.41 Å². The second-order valence-corrected chi connectivity index (χ2v) is 9.21. The van der Waals surface area contributed by atoms with Crippen LogP contribution in [0.25, 0.3) is 0 Å². The molecule has 1 amide bonds. The molecule has 2 atom stereocenters. The Morgan fingerprint density at radius 3 is 2.27 bits per heavy atom. The Hall–Kier alpha value is -0.530. The van der Waals surface area contributed by atoms with E-state index in [1.165, 1.54) is 44.9 Å². The molecular weight excluding hydrogens is 270 g/mol. The number of hydrogen-bond donors (Lipinski definition) is 0. The van der Waals surface area contributed by atoms with Gasteiger partial charge in [-0.25, -0.2) is 0 Å². The standard InChI is InChI=1S/C20H37NO/c1-15(2)17-11-12-21(18(14-17)20(3,4)5)19(22)13-16-9-7-6-8-10-16/h15-18H,6-14H2,1-5H3. The van der Waals surface area contributed by atoms with Crippen LogP contribution in [0.2, 0.25) is 0 Å². The fourth-order valence-electron chi connectivity index (χ4n) is 4.47. The van der Waals surface area contributed by atoms with Crippen LogP contribution >= 0.6 is 0 Å². The van der Waals surface area contributed by atoms with Crippen LogP contribution in [0.1, 0.15) is 86.0 Å². The summed E-state index contributed by atoms with van der Waals surface area (Å²) in [5.41, 5.74) is 0.190. The highest BCUT2D eigenvalue weighted by molar-refractivity contribution is 5.77. The largest absolute Gasteiger partial charge is 0.339 e. The highest BCUT2D eigenvalue weighted by Crippen LogP contribution is 2.38. The molecule has 2 unspecified atom stereocenters. The maximum atomic E-state index is 12.9. The molecule has 2 heteroatoms. The summed E-state index contributed by atoms with van der Waals surface area (Å²) in [6, 6.07) is 0.421. The molecule has 1 aliphatic carbocycles. The van der Waals surface area contributed by atoms with Gasteiger partial charge in [0.1, 0.15) is 0 Å². The van der Waals surface area contributed by atoms with Crippen molar-refractivity contribution < 1.29 is 4.79 Å². The molecule has 0 bridgehead atoms. The van der Waals surface area contributed by atoms with Crippen molar-refractivity contribution in [2.45, 2.75) is 92.0 Å². The molecule has 2 nitrogen and oxygen atoms in total. The van der Waals surface area contributed by atoms with Gasteiger partial charge in [-0.3, -0.25) is 4.79 Å². The molecule has 0 radical (unpaired) electrons. The van der Waals surface area contributed by atoms with Gasteiger partial charge in [0.15, 0.2) is 0 Å². The SMILES string of the molecule is CC(C)C1CCN(C(=O)CC2CCCCC2)C(C(C)(C)C)C1. The molecule has 0 aromatic rings. The number of carbonyl (C=O) groups excluding carboxylic acids is 1. The summed E-state index contributed by atoms with van der Waals surface area (Å²) in [4.78, 5) is 15.2. The van der Waals surface area contributed by atoms with Crippen LogP contribution in [0.4, 0.5) is 0 Å². The van der Waals surface area contributed by atoms with Gasteiger partial charge in [-0.05, 0) is 48.9 Å². The second-order valence-electron chi connectivity index (χ2n) is 9.21. The number of likely N-dealkylation sites (tertiary alicyclic amines) is 1. The number of carbonyl (C=O) groups is 1. The van der Waals surface area contributed by atoms with E-state index in [9.17, 15) is 4.79 Å². The predicted molar refractivity (Wildman–Crippen MR) is 93.7 cm³/mol.